The zero-order chi connectivity index (χ0) is 6.72. The molecule has 2 nitrogen and oxygen atoms in total. The lowest BCUT2D eigenvalue weighted by Gasteiger charge is -2.37. The van der Waals surface area contributed by atoms with Crippen molar-refractivity contribution < 1.29 is 4.79 Å². The van der Waals surface area contributed by atoms with Gasteiger partial charge in [-0.3, -0.25) is 4.79 Å². The molecular weight excluding hydrogens is 126 g/mol. The number of rotatable bonds is 0. The number of β-lactam (4-membered cyclic amide) rings is 1. The van der Waals surface area contributed by atoms with Gasteiger partial charge in [0.2, 0.25) is 5.91 Å². The second kappa shape index (κ2) is 1.29. The summed E-state index contributed by atoms with van der Waals surface area (Å²) in [6, 6.07) is 0.516. The number of hydrogen-bond acceptors (Lipinski definition) is 1. The van der Waals surface area contributed by atoms with E-state index in [-0.39, 0.29) is 5.91 Å². The van der Waals surface area contributed by atoms with Crippen LogP contribution in [0.15, 0.2) is 12.2 Å². The zero-order valence-corrected chi connectivity index (χ0v) is 5.58. The first kappa shape index (κ1) is 4.94. The van der Waals surface area contributed by atoms with Crippen LogP contribution in [0.3, 0.4) is 0 Å². The standard InChI is InChI=1S/C8H9NO/c10-8-6-4-1-2-5(3-4)7(6)9-8/h1-2,4-7H,3H2,(H,9,10)/t4-,5+,6?,7?/m1/s1. The van der Waals surface area contributed by atoms with Crippen LogP contribution < -0.4 is 5.32 Å². The Bertz CT molecular complexity index is 233. The average molecular weight is 135 g/mol. The number of allylic oxidation sites excluding steroid dienone is 1. The Labute approximate surface area is 59.3 Å². The van der Waals surface area contributed by atoms with Gasteiger partial charge in [-0.15, -0.1) is 0 Å². The molecule has 1 heterocycles. The quantitative estimate of drug-likeness (QED) is 0.376. The van der Waals surface area contributed by atoms with E-state index in [1.54, 1.807) is 0 Å². The van der Waals surface area contributed by atoms with E-state index in [0.29, 0.717) is 23.8 Å². The molecule has 3 rings (SSSR count). The van der Waals surface area contributed by atoms with Crippen LogP contribution in [-0.4, -0.2) is 11.9 Å². The van der Waals surface area contributed by atoms with Crippen molar-refractivity contribution in [1.82, 2.24) is 5.32 Å². The van der Waals surface area contributed by atoms with E-state index in [0.717, 1.165) is 0 Å². The predicted octanol–water partition coefficient (Wildman–Crippen LogP) is 0.307. The Morgan fingerprint density at radius 2 is 2.20 bits per heavy atom. The highest BCUT2D eigenvalue weighted by Gasteiger charge is 2.54. The van der Waals surface area contributed by atoms with Crippen LogP contribution in [0.1, 0.15) is 6.42 Å². The SMILES string of the molecule is O=C1NC2C1[C@@H]1C=C[C@H]2C1. The second-order valence-corrected chi connectivity index (χ2v) is 3.51. The van der Waals surface area contributed by atoms with Crippen LogP contribution >= 0.6 is 0 Å². The molecule has 1 amide bonds. The van der Waals surface area contributed by atoms with Crippen LogP contribution in [0.25, 0.3) is 0 Å². The Hall–Kier alpha value is -0.790. The highest BCUT2D eigenvalue weighted by Crippen LogP contribution is 2.47. The maximum atomic E-state index is 11.0. The molecule has 0 aromatic carbocycles. The summed E-state index contributed by atoms with van der Waals surface area (Å²) >= 11 is 0. The van der Waals surface area contributed by atoms with Gasteiger partial charge >= 0.3 is 0 Å². The molecule has 0 spiro atoms. The fourth-order valence-corrected chi connectivity index (χ4v) is 2.54. The lowest BCUT2D eigenvalue weighted by atomic mass is 9.82. The molecule has 2 bridgehead atoms. The van der Waals surface area contributed by atoms with Crippen molar-refractivity contribution in [3.8, 4) is 0 Å². The first-order valence-corrected chi connectivity index (χ1v) is 3.85. The van der Waals surface area contributed by atoms with Crippen molar-refractivity contribution in [3.63, 3.8) is 0 Å². The summed E-state index contributed by atoms with van der Waals surface area (Å²) in [5.41, 5.74) is 0. The van der Waals surface area contributed by atoms with Crippen molar-refractivity contribution in [3.05, 3.63) is 12.2 Å². The van der Waals surface area contributed by atoms with Crippen molar-refractivity contribution in [2.45, 2.75) is 12.5 Å². The molecule has 1 saturated carbocycles. The van der Waals surface area contributed by atoms with Gasteiger partial charge in [0.25, 0.3) is 0 Å². The Balaban J connectivity index is 2.03. The molecule has 2 fully saturated rings. The third kappa shape index (κ3) is 0.349. The van der Waals surface area contributed by atoms with Crippen LogP contribution in [0.4, 0.5) is 0 Å². The zero-order valence-electron chi connectivity index (χ0n) is 5.58. The van der Waals surface area contributed by atoms with E-state index in [4.69, 9.17) is 0 Å². The summed E-state index contributed by atoms with van der Waals surface area (Å²) in [4.78, 5) is 11.0. The average Bonchev–Trinajstić information content (AvgIpc) is 2.40. The van der Waals surface area contributed by atoms with Gasteiger partial charge in [-0.2, -0.15) is 0 Å². The van der Waals surface area contributed by atoms with E-state index in [9.17, 15) is 4.79 Å². The molecule has 2 unspecified atom stereocenters. The van der Waals surface area contributed by atoms with Gasteiger partial charge < -0.3 is 5.32 Å². The Kier molecular flexibility index (Phi) is 0.636. The van der Waals surface area contributed by atoms with Crippen molar-refractivity contribution >= 4 is 5.91 Å². The summed E-state index contributed by atoms with van der Waals surface area (Å²) in [5.74, 6) is 1.90. The minimum atomic E-state index is 0.279. The van der Waals surface area contributed by atoms with Crippen LogP contribution in [0.5, 0.6) is 0 Å². The van der Waals surface area contributed by atoms with Gasteiger partial charge in [0.15, 0.2) is 0 Å². The fourth-order valence-electron chi connectivity index (χ4n) is 2.54. The van der Waals surface area contributed by atoms with Gasteiger partial charge in [0.05, 0.1) is 5.92 Å². The molecule has 10 heavy (non-hydrogen) atoms. The third-order valence-corrected chi connectivity index (χ3v) is 3.07. The molecule has 52 valence electrons. The predicted molar refractivity (Wildman–Crippen MR) is 36.2 cm³/mol. The number of carbonyl (C=O) groups is 1. The summed E-state index contributed by atoms with van der Waals surface area (Å²) in [5, 5.41) is 2.95. The van der Waals surface area contributed by atoms with E-state index >= 15 is 0 Å². The second-order valence-electron chi connectivity index (χ2n) is 3.51. The van der Waals surface area contributed by atoms with Gasteiger partial charge in [0, 0.05) is 6.04 Å². The van der Waals surface area contributed by atoms with E-state index in [2.05, 4.69) is 17.5 Å². The molecule has 0 aromatic heterocycles. The largest absolute Gasteiger partial charge is 0.352 e. The van der Waals surface area contributed by atoms with Gasteiger partial charge in [0.1, 0.15) is 0 Å². The number of fused-ring (bicyclic) bond motifs is 5. The summed E-state index contributed by atoms with van der Waals surface area (Å²) in [6.07, 6.45) is 5.68. The summed E-state index contributed by atoms with van der Waals surface area (Å²) < 4.78 is 0. The van der Waals surface area contributed by atoms with Crippen LogP contribution in [0, 0.1) is 17.8 Å². The van der Waals surface area contributed by atoms with Crippen molar-refractivity contribution in [1.29, 1.82) is 0 Å². The Morgan fingerprint density at radius 1 is 1.40 bits per heavy atom. The van der Waals surface area contributed by atoms with Gasteiger partial charge in [-0.1, -0.05) is 12.2 Å². The minimum Gasteiger partial charge on any atom is -0.352 e. The number of carbonyl (C=O) groups excluding carboxylic acids is 1. The normalized spacial score (nSPS) is 54.2. The van der Waals surface area contributed by atoms with Crippen LogP contribution in [-0.2, 0) is 4.79 Å². The van der Waals surface area contributed by atoms with Gasteiger partial charge in [-0.05, 0) is 18.3 Å². The number of nitrogens with one attached hydrogen (secondary N) is 1. The first-order valence-electron chi connectivity index (χ1n) is 3.85. The van der Waals surface area contributed by atoms with E-state index in [1.165, 1.54) is 6.42 Å². The number of hydrogen-bond donors (Lipinski definition) is 1. The fraction of sp³-hybridized carbons (Fsp3) is 0.625. The topological polar surface area (TPSA) is 29.1 Å². The Morgan fingerprint density at radius 3 is 2.80 bits per heavy atom. The lowest BCUT2D eigenvalue weighted by molar-refractivity contribution is -0.135. The molecule has 1 aliphatic heterocycles. The molecule has 4 atom stereocenters. The third-order valence-electron chi connectivity index (χ3n) is 3.07. The first-order chi connectivity index (χ1) is 4.86. The molecule has 2 aliphatic carbocycles. The van der Waals surface area contributed by atoms with Crippen molar-refractivity contribution in [2.75, 3.05) is 0 Å². The molecule has 1 N–H and O–H groups in total. The lowest BCUT2D eigenvalue weighted by Crippen LogP contribution is -2.59. The minimum absolute atomic E-state index is 0.279. The monoisotopic (exact) mass is 135 g/mol. The summed E-state index contributed by atoms with van der Waals surface area (Å²) in [6.45, 7) is 0. The van der Waals surface area contributed by atoms with E-state index in [1.807, 2.05) is 0 Å². The maximum absolute atomic E-state index is 11.0. The van der Waals surface area contributed by atoms with Crippen LogP contribution in [0.2, 0.25) is 0 Å². The molecule has 0 aromatic rings. The van der Waals surface area contributed by atoms with Gasteiger partial charge in [-0.25, -0.2) is 0 Å². The highest BCUT2D eigenvalue weighted by atomic mass is 16.2. The maximum Gasteiger partial charge on any atom is 0.226 e. The summed E-state index contributed by atoms with van der Waals surface area (Å²) in [7, 11) is 0. The molecule has 0 radical (unpaired) electrons. The molecule has 3 aliphatic rings. The molecular formula is C8H9NO. The molecule has 1 saturated heterocycles. The smallest absolute Gasteiger partial charge is 0.226 e. The molecule has 2 heteroatoms. The highest BCUT2D eigenvalue weighted by molar-refractivity contribution is 5.87. The number of amides is 1. The van der Waals surface area contributed by atoms with E-state index < -0.39 is 0 Å². The van der Waals surface area contributed by atoms with Crippen molar-refractivity contribution in [2.24, 2.45) is 17.8 Å².